The van der Waals surface area contributed by atoms with Crippen LogP contribution in [0.3, 0.4) is 0 Å². The number of ether oxygens (including phenoxy) is 1. The van der Waals surface area contributed by atoms with Crippen LogP contribution in [-0.4, -0.2) is 43.8 Å². The molecule has 7 nitrogen and oxygen atoms in total. The van der Waals surface area contributed by atoms with E-state index < -0.39 is 28.0 Å². The molecule has 1 fully saturated rings. The Balaban J connectivity index is 1.62. The third kappa shape index (κ3) is 4.58. The minimum Gasteiger partial charge on any atom is -0.449 e. The molecule has 0 aliphatic carbocycles. The summed E-state index contributed by atoms with van der Waals surface area (Å²) in [6.45, 7) is 2.50. The van der Waals surface area contributed by atoms with Gasteiger partial charge in [0, 0.05) is 18.8 Å². The van der Waals surface area contributed by atoms with Gasteiger partial charge in [-0.2, -0.15) is 4.31 Å². The Kier molecular flexibility index (Phi) is 6.11. The summed E-state index contributed by atoms with van der Waals surface area (Å²) in [5, 5.41) is 2.66. The number of carbonyl (C=O) groups is 2. The van der Waals surface area contributed by atoms with Crippen molar-refractivity contribution in [2.45, 2.75) is 30.8 Å². The summed E-state index contributed by atoms with van der Waals surface area (Å²) in [6.07, 6.45) is 0.708. The maximum absolute atomic E-state index is 12.5. The van der Waals surface area contributed by atoms with E-state index in [9.17, 15) is 18.0 Å². The normalized spacial score (nSPS) is 15.8. The smallest absolute Gasteiger partial charge is 0.338 e. The monoisotopic (exact) mass is 402 g/mol. The van der Waals surface area contributed by atoms with Gasteiger partial charge in [-0.3, -0.25) is 4.79 Å². The minimum atomic E-state index is -3.54. The van der Waals surface area contributed by atoms with Crippen LogP contribution in [0.25, 0.3) is 0 Å². The van der Waals surface area contributed by atoms with Crippen LogP contribution in [0, 0.1) is 0 Å². The summed E-state index contributed by atoms with van der Waals surface area (Å²) in [4.78, 5) is 24.5. The fraction of sp³-hybridized carbons (Fsp3) is 0.300. The zero-order valence-corrected chi connectivity index (χ0v) is 16.3. The standard InChI is InChI=1S/C20H22N2O5S/c1-15(19(23)21-17-7-3-2-4-8-17)27-20(24)16-9-11-18(12-10-16)28(25,26)22-13-5-6-14-22/h2-4,7-12,15H,5-6,13-14H2,1H3,(H,21,23)/t15-/m0/s1. The second-order valence-electron chi connectivity index (χ2n) is 6.54. The minimum absolute atomic E-state index is 0.140. The van der Waals surface area contributed by atoms with E-state index in [1.54, 1.807) is 24.3 Å². The van der Waals surface area contributed by atoms with Crippen LogP contribution in [0.4, 0.5) is 5.69 Å². The van der Waals surface area contributed by atoms with Gasteiger partial charge in [0.15, 0.2) is 6.10 Å². The number of hydrogen-bond acceptors (Lipinski definition) is 5. The summed E-state index contributed by atoms with van der Waals surface area (Å²) in [7, 11) is -3.54. The molecule has 3 rings (SSSR count). The van der Waals surface area contributed by atoms with E-state index in [-0.39, 0.29) is 10.5 Å². The van der Waals surface area contributed by atoms with Gasteiger partial charge in [-0.25, -0.2) is 13.2 Å². The molecular weight excluding hydrogens is 380 g/mol. The van der Waals surface area contributed by atoms with Gasteiger partial charge in [0.05, 0.1) is 10.5 Å². The summed E-state index contributed by atoms with van der Waals surface area (Å²) in [5.74, 6) is -1.14. The highest BCUT2D eigenvalue weighted by atomic mass is 32.2. The zero-order chi connectivity index (χ0) is 20.1. The number of esters is 1. The molecule has 28 heavy (non-hydrogen) atoms. The van der Waals surface area contributed by atoms with Crippen molar-refractivity contribution in [3.05, 3.63) is 60.2 Å². The number of amides is 1. The van der Waals surface area contributed by atoms with E-state index >= 15 is 0 Å². The Labute approximate surface area is 164 Å². The fourth-order valence-corrected chi connectivity index (χ4v) is 4.41. The molecule has 8 heteroatoms. The van der Waals surface area contributed by atoms with Gasteiger partial charge in [0.2, 0.25) is 10.0 Å². The van der Waals surface area contributed by atoms with Gasteiger partial charge in [-0.05, 0) is 56.2 Å². The summed E-state index contributed by atoms with van der Waals surface area (Å²) >= 11 is 0. The molecule has 2 aromatic rings. The Morgan fingerprint density at radius 2 is 1.61 bits per heavy atom. The van der Waals surface area contributed by atoms with Crippen molar-refractivity contribution in [2.75, 3.05) is 18.4 Å². The predicted molar refractivity (Wildman–Crippen MR) is 104 cm³/mol. The highest BCUT2D eigenvalue weighted by Crippen LogP contribution is 2.21. The predicted octanol–water partition coefficient (Wildman–Crippen LogP) is 2.66. The van der Waals surface area contributed by atoms with E-state index in [0.29, 0.717) is 18.8 Å². The highest BCUT2D eigenvalue weighted by Gasteiger charge is 2.27. The topological polar surface area (TPSA) is 92.8 Å². The Morgan fingerprint density at radius 3 is 2.21 bits per heavy atom. The lowest BCUT2D eigenvalue weighted by molar-refractivity contribution is -0.123. The van der Waals surface area contributed by atoms with E-state index in [2.05, 4.69) is 5.32 Å². The van der Waals surface area contributed by atoms with Crippen molar-refractivity contribution in [3.63, 3.8) is 0 Å². The van der Waals surface area contributed by atoms with Crippen LogP contribution in [0.15, 0.2) is 59.5 Å². The van der Waals surface area contributed by atoms with Crippen molar-refractivity contribution >= 4 is 27.6 Å². The van der Waals surface area contributed by atoms with Crippen molar-refractivity contribution in [1.29, 1.82) is 0 Å². The van der Waals surface area contributed by atoms with Gasteiger partial charge < -0.3 is 10.1 Å². The maximum Gasteiger partial charge on any atom is 0.338 e. The number of sulfonamides is 1. The molecule has 2 aromatic carbocycles. The van der Waals surface area contributed by atoms with Gasteiger partial charge in [-0.15, -0.1) is 0 Å². The first-order valence-electron chi connectivity index (χ1n) is 9.05. The van der Waals surface area contributed by atoms with Crippen molar-refractivity contribution in [1.82, 2.24) is 4.31 Å². The molecule has 1 N–H and O–H groups in total. The SMILES string of the molecule is C[C@H](OC(=O)c1ccc(S(=O)(=O)N2CCCC2)cc1)C(=O)Nc1ccccc1. The molecule has 0 saturated carbocycles. The molecule has 1 atom stereocenters. The zero-order valence-electron chi connectivity index (χ0n) is 15.5. The Morgan fingerprint density at radius 1 is 1.00 bits per heavy atom. The molecule has 0 unspecified atom stereocenters. The lowest BCUT2D eigenvalue weighted by atomic mass is 10.2. The van der Waals surface area contributed by atoms with E-state index in [1.165, 1.54) is 35.5 Å². The molecule has 0 radical (unpaired) electrons. The first-order valence-corrected chi connectivity index (χ1v) is 10.5. The average molecular weight is 402 g/mol. The second kappa shape index (κ2) is 8.53. The van der Waals surface area contributed by atoms with Gasteiger partial charge >= 0.3 is 5.97 Å². The third-order valence-electron chi connectivity index (χ3n) is 4.49. The average Bonchev–Trinajstić information content (AvgIpc) is 3.24. The molecule has 0 aromatic heterocycles. The summed E-state index contributed by atoms with van der Waals surface area (Å²) < 4.78 is 31.7. The van der Waals surface area contributed by atoms with Crippen LogP contribution in [-0.2, 0) is 19.6 Å². The molecule has 1 aliphatic heterocycles. The highest BCUT2D eigenvalue weighted by molar-refractivity contribution is 7.89. The molecule has 1 heterocycles. The lowest BCUT2D eigenvalue weighted by Crippen LogP contribution is -2.30. The van der Waals surface area contributed by atoms with Crippen molar-refractivity contribution < 1.29 is 22.7 Å². The molecule has 1 aliphatic rings. The number of benzene rings is 2. The summed E-state index contributed by atoms with van der Waals surface area (Å²) in [5.41, 5.74) is 0.784. The van der Waals surface area contributed by atoms with E-state index in [1.807, 2.05) is 6.07 Å². The lowest BCUT2D eigenvalue weighted by Gasteiger charge is -2.16. The molecule has 0 bridgehead atoms. The van der Waals surface area contributed by atoms with Gasteiger partial charge in [0.1, 0.15) is 0 Å². The van der Waals surface area contributed by atoms with Gasteiger partial charge in [0.25, 0.3) is 5.91 Å². The first kappa shape index (κ1) is 20.0. The maximum atomic E-state index is 12.5. The molecule has 1 saturated heterocycles. The van der Waals surface area contributed by atoms with Crippen LogP contribution in [0.1, 0.15) is 30.1 Å². The van der Waals surface area contributed by atoms with Crippen molar-refractivity contribution in [3.8, 4) is 0 Å². The van der Waals surface area contributed by atoms with E-state index in [4.69, 9.17) is 4.74 Å². The van der Waals surface area contributed by atoms with Crippen LogP contribution in [0.5, 0.6) is 0 Å². The number of para-hydroxylation sites is 1. The van der Waals surface area contributed by atoms with Crippen LogP contribution >= 0.6 is 0 Å². The fourth-order valence-electron chi connectivity index (χ4n) is 2.89. The molecule has 1 amide bonds. The quantitative estimate of drug-likeness (QED) is 0.750. The first-order chi connectivity index (χ1) is 13.4. The van der Waals surface area contributed by atoms with Crippen molar-refractivity contribution in [2.24, 2.45) is 0 Å². The largest absolute Gasteiger partial charge is 0.449 e. The molecular formula is C20H22N2O5S. The number of hydrogen-bond donors (Lipinski definition) is 1. The number of nitrogens with one attached hydrogen (secondary N) is 1. The third-order valence-corrected chi connectivity index (χ3v) is 6.40. The Hall–Kier alpha value is -2.71. The second-order valence-corrected chi connectivity index (χ2v) is 8.48. The molecule has 0 spiro atoms. The number of nitrogens with zero attached hydrogens (tertiary/aromatic N) is 1. The van der Waals surface area contributed by atoms with Gasteiger partial charge in [-0.1, -0.05) is 18.2 Å². The number of rotatable bonds is 6. The van der Waals surface area contributed by atoms with Crippen LogP contribution < -0.4 is 5.32 Å². The Bertz CT molecular complexity index is 936. The number of carbonyl (C=O) groups excluding carboxylic acids is 2. The number of anilines is 1. The molecule has 148 valence electrons. The summed E-state index contributed by atoms with van der Waals surface area (Å²) in [6, 6.07) is 14.4. The van der Waals surface area contributed by atoms with Crippen LogP contribution in [0.2, 0.25) is 0 Å². The van der Waals surface area contributed by atoms with E-state index in [0.717, 1.165) is 12.8 Å².